The van der Waals surface area contributed by atoms with Gasteiger partial charge in [-0.05, 0) is 5.92 Å². The number of hydrogen-bond acceptors (Lipinski definition) is 4. The molecular formula is C12H17N5. The summed E-state index contributed by atoms with van der Waals surface area (Å²) in [6.45, 7) is 5.66. The van der Waals surface area contributed by atoms with E-state index in [0.29, 0.717) is 12.5 Å². The number of nitrogens with zero attached hydrogens (tertiary/aromatic N) is 4. The zero-order chi connectivity index (χ0) is 12.3. The minimum Gasteiger partial charge on any atom is -0.326 e. The van der Waals surface area contributed by atoms with Crippen LogP contribution in [0, 0.1) is 5.92 Å². The minimum absolute atomic E-state index is 0.462. The molecule has 2 aromatic heterocycles. The number of hydrogen-bond donors (Lipinski definition) is 1. The maximum Gasteiger partial charge on any atom is 0.117 e. The molecule has 0 aliphatic heterocycles. The molecule has 2 aromatic rings. The van der Waals surface area contributed by atoms with Crippen LogP contribution in [0.3, 0.4) is 0 Å². The highest BCUT2D eigenvalue weighted by molar-refractivity contribution is 5.56. The van der Waals surface area contributed by atoms with Crippen molar-refractivity contribution in [2.45, 2.75) is 26.9 Å². The number of rotatable bonds is 4. The third kappa shape index (κ3) is 2.68. The molecule has 0 spiro atoms. The number of nitrogens with two attached hydrogens (primary N) is 1. The van der Waals surface area contributed by atoms with Gasteiger partial charge in [0.25, 0.3) is 0 Å². The molecule has 2 heterocycles. The Bertz CT molecular complexity index is 475. The second kappa shape index (κ2) is 5.05. The van der Waals surface area contributed by atoms with Gasteiger partial charge in [0.2, 0.25) is 0 Å². The summed E-state index contributed by atoms with van der Waals surface area (Å²) in [5, 5.41) is 4.53. The standard InChI is InChI=1S/C12H17N5/c1-9(2)7-17-8-10(5-13)12(16-17)11-6-14-3-4-15-11/h3-4,6,8-9H,5,7,13H2,1-2H3. The second-order valence-electron chi connectivity index (χ2n) is 4.41. The van der Waals surface area contributed by atoms with Crippen LogP contribution in [0.1, 0.15) is 19.4 Å². The van der Waals surface area contributed by atoms with Crippen LogP contribution >= 0.6 is 0 Å². The molecule has 0 aliphatic rings. The Morgan fingerprint density at radius 3 is 2.76 bits per heavy atom. The highest BCUT2D eigenvalue weighted by Crippen LogP contribution is 2.19. The van der Waals surface area contributed by atoms with Crippen LogP contribution in [0.2, 0.25) is 0 Å². The Morgan fingerprint density at radius 1 is 1.35 bits per heavy atom. The van der Waals surface area contributed by atoms with E-state index in [1.54, 1.807) is 18.6 Å². The van der Waals surface area contributed by atoms with Crippen LogP contribution in [0.25, 0.3) is 11.4 Å². The van der Waals surface area contributed by atoms with Gasteiger partial charge in [-0.3, -0.25) is 14.6 Å². The van der Waals surface area contributed by atoms with Gasteiger partial charge in [0.15, 0.2) is 0 Å². The average Bonchev–Trinajstić information content (AvgIpc) is 2.72. The maximum absolute atomic E-state index is 5.73. The van der Waals surface area contributed by atoms with Gasteiger partial charge < -0.3 is 5.73 Å². The Balaban J connectivity index is 2.36. The molecule has 17 heavy (non-hydrogen) atoms. The minimum atomic E-state index is 0.462. The highest BCUT2D eigenvalue weighted by atomic mass is 15.3. The molecule has 5 nitrogen and oxygen atoms in total. The molecule has 0 aromatic carbocycles. The SMILES string of the molecule is CC(C)Cn1cc(CN)c(-c2cnccn2)n1. The summed E-state index contributed by atoms with van der Waals surface area (Å²) < 4.78 is 1.93. The van der Waals surface area contributed by atoms with Gasteiger partial charge in [0, 0.05) is 37.2 Å². The normalized spacial score (nSPS) is 11.1. The monoisotopic (exact) mass is 231 g/mol. The lowest BCUT2D eigenvalue weighted by Gasteiger charge is -2.03. The summed E-state index contributed by atoms with van der Waals surface area (Å²) in [5.74, 6) is 0.551. The lowest BCUT2D eigenvalue weighted by atomic mass is 10.2. The molecule has 0 fully saturated rings. The fourth-order valence-corrected chi connectivity index (χ4v) is 1.72. The molecule has 0 saturated carbocycles. The van der Waals surface area contributed by atoms with Gasteiger partial charge in [-0.1, -0.05) is 13.8 Å². The molecule has 0 aliphatic carbocycles. The van der Waals surface area contributed by atoms with Crippen molar-refractivity contribution < 1.29 is 0 Å². The predicted molar refractivity (Wildman–Crippen MR) is 66.0 cm³/mol. The molecule has 0 unspecified atom stereocenters. The molecule has 0 bridgehead atoms. The third-order valence-corrected chi connectivity index (χ3v) is 2.42. The van der Waals surface area contributed by atoms with Crippen molar-refractivity contribution in [2.75, 3.05) is 0 Å². The first kappa shape index (κ1) is 11.7. The van der Waals surface area contributed by atoms with Crippen molar-refractivity contribution in [3.05, 3.63) is 30.4 Å². The third-order valence-electron chi connectivity index (χ3n) is 2.42. The van der Waals surface area contributed by atoms with Crippen molar-refractivity contribution in [1.29, 1.82) is 0 Å². The first-order chi connectivity index (χ1) is 8.20. The average molecular weight is 231 g/mol. The van der Waals surface area contributed by atoms with E-state index in [-0.39, 0.29) is 0 Å². The molecule has 5 heteroatoms. The molecule has 2 rings (SSSR count). The van der Waals surface area contributed by atoms with Crippen molar-refractivity contribution in [2.24, 2.45) is 11.7 Å². The van der Waals surface area contributed by atoms with Crippen LogP contribution < -0.4 is 5.73 Å². The lowest BCUT2D eigenvalue weighted by molar-refractivity contribution is 0.483. The van der Waals surface area contributed by atoms with Crippen molar-refractivity contribution in [1.82, 2.24) is 19.7 Å². The van der Waals surface area contributed by atoms with E-state index in [4.69, 9.17) is 5.73 Å². The molecule has 0 amide bonds. The fraction of sp³-hybridized carbons (Fsp3) is 0.417. The topological polar surface area (TPSA) is 69.6 Å². The predicted octanol–water partition coefficient (Wildman–Crippen LogP) is 1.45. The van der Waals surface area contributed by atoms with E-state index >= 15 is 0 Å². The van der Waals surface area contributed by atoms with Gasteiger partial charge >= 0.3 is 0 Å². The Hall–Kier alpha value is -1.75. The maximum atomic E-state index is 5.73. The zero-order valence-corrected chi connectivity index (χ0v) is 10.2. The largest absolute Gasteiger partial charge is 0.326 e. The quantitative estimate of drug-likeness (QED) is 0.864. The van der Waals surface area contributed by atoms with Crippen molar-refractivity contribution in [3.63, 3.8) is 0 Å². The fourth-order valence-electron chi connectivity index (χ4n) is 1.72. The van der Waals surface area contributed by atoms with Gasteiger partial charge in [-0.15, -0.1) is 0 Å². The van der Waals surface area contributed by atoms with Crippen LogP contribution in [-0.4, -0.2) is 19.7 Å². The molecule has 0 atom stereocenters. The van der Waals surface area contributed by atoms with Gasteiger partial charge in [0.1, 0.15) is 11.4 Å². The van der Waals surface area contributed by atoms with E-state index in [1.165, 1.54) is 0 Å². The zero-order valence-electron chi connectivity index (χ0n) is 10.2. The molecule has 0 saturated heterocycles. The van der Waals surface area contributed by atoms with Crippen molar-refractivity contribution >= 4 is 0 Å². The second-order valence-corrected chi connectivity index (χ2v) is 4.41. The molecule has 90 valence electrons. The van der Waals surface area contributed by atoms with Gasteiger partial charge in [-0.25, -0.2) is 0 Å². The van der Waals surface area contributed by atoms with Gasteiger partial charge in [-0.2, -0.15) is 5.10 Å². The molecular weight excluding hydrogens is 214 g/mol. The van der Waals surface area contributed by atoms with Crippen LogP contribution in [-0.2, 0) is 13.1 Å². The summed E-state index contributed by atoms with van der Waals surface area (Å²) in [7, 11) is 0. The van der Waals surface area contributed by atoms with Crippen LogP contribution in [0.4, 0.5) is 0 Å². The van der Waals surface area contributed by atoms with Crippen molar-refractivity contribution in [3.8, 4) is 11.4 Å². The Labute approximate surface area is 101 Å². The molecule has 2 N–H and O–H groups in total. The smallest absolute Gasteiger partial charge is 0.117 e. The lowest BCUT2D eigenvalue weighted by Crippen LogP contribution is -2.04. The van der Waals surface area contributed by atoms with Crippen LogP contribution in [0.5, 0.6) is 0 Å². The summed E-state index contributed by atoms with van der Waals surface area (Å²) in [5.41, 5.74) is 8.34. The van der Waals surface area contributed by atoms with Gasteiger partial charge in [0.05, 0.1) is 6.20 Å². The van der Waals surface area contributed by atoms with E-state index in [0.717, 1.165) is 23.5 Å². The summed E-state index contributed by atoms with van der Waals surface area (Å²) in [4.78, 5) is 8.31. The summed E-state index contributed by atoms with van der Waals surface area (Å²) in [6, 6.07) is 0. The summed E-state index contributed by atoms with van der Waals surface area (Å²) in [6.07, 6.45) is 7.01. The van der Waals surface area contributed by atoms with E-state index in [9.17, 15) is 0 Å². The molecule has 0 radical (unpaired) electrons. The van der Waals surface area contributed by atoms with E-state index in [1.807, 2.05) is 10.9 Å². The highest BCUT2D eigenvalue weighted by Gasteiger charge is 2.11. The first-order valence-electron chi connectivity index (χ1n) is 5.73. The Morgan fingerprint density at radius 2 is 2.18 bits per heavy atom. The van der Waals surface area contributed by atoms with Crippen LogP contribution in [0.15, 0.2) is 24.8 Å². The summed E-state index contributed by atoms with van der Waals surface area (Å²) >= 11 is 0. The van der Waals surface area contributed by atoms with E-state index in [2.05, 4.69) is 28.9 Å². The first-order valence-corrected chi connectivity index (χ1v) is 5.73. The number of aromatic nitrogens is 4. The van der Waals surface area contributed by atoms with E-state index < -0.39 is 0 Å². The Kier molecular flexibility index (Phi) is 3.49.